The molecule has 1 aromatic carbocycles. The van der Waals surface area contributed by atoms with Gasteiger partial charge in [0.05, 0.1) is 23.2 Å². The predicted molar refractivity (Wildman–Crippen MR) is 91.2 cm³/mol. The number of amides is 1. The molecule has 0 unspecified atom stereocenters. The van der Waals surface area contributed by atoms with Crippen LogP contribution in [0, 0.1) is 0 Å². The second kappa shape index (κ2) is 6.72. The van der Waals surface area contributed by atoms with Crippen molar-refractivity contribution in [3.05, 3.63) is 58.4 Å². The first-order valence-electron chi connectivity index (χ1n) is 6.67. The molecule has 2 aromatic heterocycles. The zero-order chi connectivity index (χ0) is 16.2. The molecule has 0 bridgehead atoms. The second-order valence-corrected chi connectivity index (χ2v) is 6.31. The first kappa shape index (κ1) is 15.4. The van der Waals surface area contributed by atoms with Crippen molar-refractivity contribution in [3.63, 3.8) is 0 Å². The minimum absolute atomic E-state index is 0.303. The molecule has 0 radical (unpaired) electrons. The third kappa shape index (κ3) is 3.30. The third-order valence-electron chi connectivity index (χ3n) is 3.05. The van der Waals surface area contributed by atoms with Gasteiger partial charge in [-0.3, -0.25) is 4.79 Å². The van der Waals surface area contributed by atoms with E-state index in [4.69, 9.17) is 4.74 Å². The molecule has 3 rings (SSSR count). The third-order valence-corrected chi connectivity index (χ3v) is 4.93. The summed E-state index contributed by atoms with van der Waals surface area (Å²) in [6.07, 6.45) is 0. The molecular formula is C16H12N2O3S2. The van der Waals surface area contributed by atoms with Gasteiger partial charge in [0.25, 0.3) is 5.91 Å². The zero-order valence-electron chi connectivity index (χ0n) is 12.1. The van der Waals surface area contributed by atoms with Crippen molar-refractivity contribution in [2.24, 2.45) is 0 Å². The number of thiophene rings is 1. The number of hydrogen-bond acceptors (Lipinski definition) is 6. The minimum Gasteiger partial charge on any atom is -0.465 e. The first-order valence-corrected chi connectivity index (χ1v) is 8.43. The SMILES string of the molecule is COC(=O)c1ccccc1NC(=O)c1csc(-c2cccs2)n1. The molecule has 116 valence electrons. The lowest BCUT2D eigenvalue weighted by atomic mass is 10.2. The lowest BCUT2D eigenvalue weighted by molar-refractivity contribution is 0.0602. The van der Waals surface area contributed by atoms with E-state index in [1.54, 1.807) is 41.0 Å². The number of anilines is 1. The number of nitrogens with zero attached hydrogens (tertiary/aromatic N) is 1. The van der Waals surface area contributed by atoms with Crippen molar-refractivity contribution in [2.75, 3.05) is 12.4 Å². The van der Waals surface area contributed by atoms with Crippen molar-refractivity contribution >= 4 is 40.2 Å². The predicted octanol–water partition coefficient (Wildman–Crippen LogP) is 3.91. The van der Waals surface area contributed by atoms with Crippen LogP contribution in [0.5, 0.6) is 0 Å². The summed E-state index contributed by atoms with van der Waals surface area (Å²) >= 11 is 2.98. The zero-order valence-corrected chi connectivity index (χ0v) is 13.7. The molecule has 0 saturated heterocycles. The highest BCUT2D eigenvalue weighted by Crippen LogP contribution is 2.28. The molecule has 3 aromatic rings. The van der Waals surface area contributed by atoms with E-state index in [2.05, 4.69) is 10.3 Å². The van der Waals surface area contributed by atoms with Crippen LogP contribution < -0.4 is 5.32 Å². The molecule has 7 heteroatoms. The molecule has 0 spiro atoms. The van der Waals surface area contributed by atoms with E-state index in [1.807, 2.05) is 17.5 Å². The van der Waals surface area contributed by atoms with Gasteiger partial charge in [0.2, 0.25) is 0 Å². The highest BCUT2D eigenvalue weighted by molar-refractivity contribution is 7.20. The molecule has 0 aliphatic rings. The smallest absolute Gasteiger partial charge is 0.339 e. The average molecular weight is 344 g/mol. The monoisotopic (exact) mass is 344 g/mol. The highest BCUT2D eigenvalue weighted by Gasteiger charge is 2.16. The fourth-order valence-corrected chi connectivity index (χ4v) is 3.57. The van der Waals surface area contributed by atoms with Gasteiger partial charge in [-0.25, -0.2) is 9.78 Å². The standard InChI is InChI=1S/C16H12N2O3S2/c1-21-16(20)10-5-2-3-6-11(10)17-14(19)12-9-23-15(18-12)13-7-4-8-22-13/h2-9H,1H3,(H,17,19). The normalized spacial score (nSPS) is 10.3. The topological polar surface area (TPSA) is 68.3 Å². The first-order chi connectivity index (χ1) is 11.2. The van der Waals surface area contributed by atoms with Gasteiger partial charge in [-0.2, -0.15) is 0 Å². The number of ether oxygens (including phenoxy) is 1. The maximum atomic E-state index is 12.3. The van der Waals surface area contributed by atoms with Crippen LogP contribution in [0.25, 0.3) is 9.88 Å². The number of para-hydroxylation sites is 1. The lowest BCUT2D eigenvalue weighted by Gasteiger charge is -2.08. The van der Waals surface area contributed by atoms with E-state index in [9.17, 15) is 9.59 Å². The fourth-order valence-electron chi connectivity index (χ4n) is 1.96. The molecule has 0 aliphatic heterocycles. The van der Waals surface area contributed by atoms with E-state index < -0.39 is 5.97 Å². The average Bonchev–Trinajstić information content (AvgIpc) is 3.25. The number of rotatable bonds is 4. The summed E-state index contributed by atoms with van der Waals surface area (Å²) in [5.74, 6) is -0.862. The molecule has 0 aliphatic carbocycles. The van der Waals surface area contributed by atoms with Gasteiger partial charge in [-0.15, -0.1) is 22.7 Å². The van der Waals surface area contributed by atoms with Crippen LogP contribution in [0.15, 0.2) is 47.2 Å². The Balaban J connectivity index is 1.82. The summed E-state index contributed by atoms with van der Waals surface area (Å²) < 4.78 is 4.71. The Morgan fingerprint density at radius 1 is 1.13 bits per heavy atom. The van der Waals surface area contributed by atoms with E-state index in [0.29, 0.717) is 16.9 Å². The van der Waals surface area contributed by atoms with Crippen LogP contribution in [0.2, 0.25) is 0 Å². The van der Waals surface area contributed by atoms with Gasteiger partial charge in [0.1, 0.15) is 10.7 Å². The minimum atomic E-state index is -0.501. The maximum absolute atomic E-state index is 12.3. The van der Waals surface area contributed by atoms with Gasteiger partial charge in [-0.1, -0.05) is 18.2 Å². The molecule has 1 N–H and O–H groups in total. The van der Waals surface area contributed by atoms with Crippen LogP contribution in [-0.4, -0.2) is 24.0 Å². The fraction of sp³-hybridized carbons (Fsp3) is 0.0625. The number of esters is 1. The van der Waals surface area contributed by atoms with Crippen LogP contribution in [-0.2, 0) is 4.74 Å². The number of aromatic nitrogens is 1. The van der Waals surface area contributed by atoms with Crippen molar-refractivity contribution in [1.29, 1.82) is 0 Å². The Morgan fingerprint density at radius 3 is 2.70 bits per heavy atom. The van der Waals surface area contributed by atoms with Gasteiger partial charge in [-0.05, 0) is 23.6 Å². The number of benzene rings is 1. The number of carbonyl (C=O) groups excluding carboxylic acids is 2. The Hall–Kier alpha value is -2.51. The van der Waals surface area contributed by atoms with E-state index in [-0.39, 0.29) is 5.91 Å². The number of methoxy groups -OCH3 is 1. The van der Waals surface area contributed by atoms with Crippen molar-refractivity contribution < 1.29 is 14.3 Å². The Morgan fingerprint density at radius 2 is 1.96 bits per heavy atom. The van der Waals surface area contributed by atoms with Gasteiger partial charge in [0, 0.05) is 5.38 Å². The van der Waals surface area contributed by atoms with Gasteiger partial charge >= 0.3 is 5.97 Å². The highest BCUT2D eigenvalue weighted by atomic mass is 32.1. The summed E-state index contributed by atoms with van der Waals surface area (Å²) in [5.41, 5.74) is 1.02. The van der Waals surface area contributed by atoms with Crippen molar-refractivity contribution in [2.45, 2.75) is 0 Å². The molecule has 0 atom stereocenters. The maximum Gasteiger partial charge on any atom is 0.339 e. The molecular weight excluding hydrogens is 332 g/mol. The van der Waals surface area contributed by atoms with E-state index >= 15 is 0 Å². The summed E-state index contributed by atoms with van der Waals surface area (Å²) in [4.78, 5) is 29.4. The molecule has 0 saturated carbocycles. The van der Waals surface area contributed by atoms with Crippen molar-refractivity contribution in [1.82, 2.24) is 4.98 Å². The summed E-state index contributed by atoms with van der Waals surface area (Å²) in [7, 11) is 1.30. The Bertz CT molecular complexity index is 841. The Kier molecular flexibility index (Phi) is 4.50. The van der Waals surface area contributed by atoms with E-state index in [1.165, 1.54) is 18.4 Å². The van der Waals surface area contributed by atoms with Crippen LogP contribution in [0.3, 0.4) is 0 Å². The van der Waals surface area contributed by atoms with Crippen molar-refractivity contribution in [3.8, 4) is 9.88 Å². The number of carbonyl (C=O) groups is 2. The molecule has 23 heavy (non-hydrogen) atoms. The van der Waals surface area contributed by atoms with Crippen LogP contribution >= 0.6 is 22.7 Å². The quantitative estimate of drug-likeness (QED) is 0.729. The molecule has 2 heterocycles. The second-order valence-electron chi connectivity index (χ2n) is 4.51. The number of hydrogen-bond donors (Lipinski definition) is 1. The van der Waals surface area contributed by atoms with Gasteiger partial charge in [0.15, 0.2) is 0 Å². The van der Waals surface area contributed by atoms with Crippen LogP contribution in [0.1, 0.15) is 20.8 Å². The Labute approximate surface area is 140 Å². The van der Waals surface area contributed by atoms with Gasteiger partial charge < -0.3 is 10.1 Å². The number of nitrogens with one attached hydrogen (secondary N) is 1. The largest absolute Gasteiger partial charge is 0.465 e. The summed E-state index contributed by atoms with van der Waals surface area (Å²) in [6.45, 7) is 0. The molecule has 0 fully saturated rings. The lowest BCUT2D eigenvalue weighted by Crippen LogP contribution is -2.15. The van der Waals surface area contributed by atoms with Crippen LogP contribution in [0.4, 0.5) is 5.69 Å². The number of thiazole rings is 1. The summed E-state index contributed by atoms with van der Waals surface area (Å²) in [5, 5.41) is 7.17. The summed E-state index contributed by atoms with van der Waals surface area (Å²) in [6, 6.07) is 10.6. The van der Waals surface area contributed by atoms with E-state index in [0.717, 1.165) is 9.88 Å². The molecule has 1 amide bonds. The molecule has 5 nitrogen and oxygen atoms in total.